The molecular weight excluding hydrogens is 270 g/mol. The van der Waals surface area contributed by atoms with E-state index in [0.29, 0.717) is 6.61 Å². The largest absolute Gasteiger partial charge is 0.396 e. The molecule has 1 aromatic carbocycles. The first-order valence-corrected chi connectivity index (χ1v) is 9.26. The fourth-order valence-corrected chi connectivity index (χ4v) is 2.70. The van der Waals surface area contributed by atoms with Crippen LogP contribution in [0.3, 0.4) is 0 Å². The number of nitrogens with one attached hydrogen (secondary N) is 1. The number of rotatable bonds is 14. The van der Waals surface area contributed by atoms with Gasteiger partial charge in [-0.1, -0.05) is 69.7 Å². The third-order valence-electron chi connectivity index (χ3n) is 4.18. The van der Waals surface area contributed by atoms with Crippen molar-refractivity contribution >= 4 is 0 Å². The van der Waals surface area contributed by atoms with Crippen molar-refractivity contribution in [2.24, 2.45) is 0 Å². The van der Waals surface area contributed by atoms with Crippen molar-refractivity contribution in [1.82, 2.24) is 5.32 Å². The predicted molar refractivity (Wildman–Crippen MR) is 96.2 cm³/mol. The molecule has 0 aliphatic heterocycles. The molecule has 0 radical (unpaired) electrons. The van der Waals surface area contributed by atoms with Crippen LogP contribution in [0.5, 0.6) is 0 Å². The quantitative estimate of drug-likeness (QED) is 0.482. The molecule has 0 aliphatic rings. The van der Waals surface area contributed by atoms with Gasteiger partial charge in [-0.2, -0.15) is 0 Å². The van der Waals surface area contributed by atoms with Gasteiger partial charge in [-0.05, 0) is 43.4 Å². The van der Waals surface area contributed by atoms with E-state index in [4.69, 9.17) is 5.11 Å². The van der Waals surface area contributed by atoms with Gasteiger partial charge in [0.25, 0.3) is 0 Å². The Morgan fingerprint density at radius 3 is 2.09 bits per heavy atom. The lowest BCUT2D eigenvalue weighted by Gasteiger charge is -2.06. The number of aliphatic hydroxyl groups is 1. The summed E-state index contributed by atoms with van der Waals surface area (Å²) in [4.78, 5) is 0. The van der Waals surface area contributed by atoms with Crippen LogP contribution in [0.2, 0.25) is 0 Å². The number of aryl methyl sites for hydroxylation is 1. The van der Waals surface area contributed by atoms with Crippen LogP contribution in [-0.2, 0) is 13.0 Å². The fraction of sp³-hybridized carbons (Fsp3) is 0.700. The van der Waals surface area contributed by atoms with Crippen LogP contribution in [0.15, 0.2) is 24.3 Å². The SMILES string of the molecule is CCCCCCCCCc1ccc(CNCCCCO)cc1. The van der Waals surface area contributed by atoms with E-state index in [1.165, 1.54) is 62.5 Å². The smallest absolute Gasteiger partial charge is 0.0431 e. The molecule has 1 aromatic rings. The Morgan fingerprint density at radius 2 is 1.41 bits per heavy atom. The molecule has 22 heavy (non-hydrogen) atoms. The molecule has 2 nitrogen and oxygen atoms in total. The Morgan fingerprint density at radius 1 is 0.773 bits per heavy atom. The summed E-state index contributed by atoms with van der Waals surface area (Å²) in [5.74, 6) is 0. The van der Waals surface area contributed by atoms with Crippen molar-refractivity contribution in [1.29, 1.82) is 0 Å². The summed E-state index contributed by atoms with van der Waals surface area (Å²) >= 11 is 0. The molecule has 2 heteroatoms. The van der Waals surface area contributed by atoms with E-state index in [9.17, 15) is 0 Å². The third kappa shape index (κ3) is 9.97. The van der Waals surface area contributed by atoms with E-state index < -0.39 is 0 Å². The van der Waals surface area contributed by atoms with E-state index in [-0.39, 0.29) is 0 Å². The van der Waals surface area contributed by atoms with Crippen LogP contribution in [0.1, 0.15) is 75.8 Å². The third-order valence-corrected chi connectivity index (χ3v) is 4.18. The highest BCUT2D eigenvalue weighted by Gasteiger charge is 1.97. The minimum atomic E-state index is 0.301. The molecule has 0 aromatic heterocycles. The van der Waals surface area contributed by atoms with Crippen LogP contribution < -0.4 is 5.32 Å². The molecule has 0 saturated heterocycles. The van der Waals surface area contributed by atoms with Crippen molar-refractivity contribution in [3.8, 4) is 0 Å². The maximum Gasteiger partial charge on any atom is 0.0431 e. The molecule has 0 amide bonds. The minimum Gasteiger partial charge on any atom is -0.396 e. The van der Waals surface area contributed by atoms with E-state index in [0.717, 1.165) is 25.9 Å². The molecular formula is C20H35NO. The number of hydrogen-bond donors (Lipinski definition) is 2. The standard InChI is InChI=1S/C20H35NO/c1-2-3-4-5-6-7-8-11-19-12-14-20(15-13-19)18-21-16-9-10-17-22/h12-15,21-22H,2-11,16-18H2,1H3. The first kappa shape index (κ1) is 19.2. The molecule has 2 N–H and O–H groups in total. The van der Waals surface area contributed by atoms with Crippen LogP contribution in [-0.4, -0.2) is 18.3 Å². The Kier molecular flexibility index (Phi) is 12.0. The molecule has 0 saturated carbocycles. The summed E-state index contributed by atoms with van der Waals surface area (Å²) in [5, 5.41) is 12.1. The molecule has 0 heterocycles. The first-order chi connectivity index (χ1) is 10.9. The summed E-state index contributed by atoms with van der Waals surface area (Å²) < 4.78 is 0. The topological polar surface area (TPSA) is 32.3 Å². The van der Waals surface area contributed by atoms with E-state index >= 15 is 0 Å². The van der Waals surface area contributed by atoms with Gasteiger partial charge in [-0.3, -0.25) is 0 Å². The first-order valence-electron chi connectivity index (χ1n) is 9.26. The molecule has 0 fully saturated rings. The zero-order valence-corrected chi connectivity index (χ0v) is 14.4. The van der Waals surface area contributed by atoms with Crippen molar-refractivity contribution in [3.63, 3.8) is 0 Å². The van der Waals surface area contributed by atoms with Crippen LogP contribution in [0.4, 0.5) is 0 Å². The molecule has 0 bridgehead atoms. The molecule has 0 atom stereocenters. The summed E-state index contributed by atoms with van der Waals surface area (Å²) in [7, 11) is 0. The molecule has 0 aliphatic carbocycles. The van der Waals surface area contributed by atoms with Crippen molar-refractivity contribution in [3.05, 3.63) is 35.4 Å². The van der Waals surface area contributed by atoms with Gasteiger partial charge in [-0.15, -0.1) is 0 Å². The Labute approximate surface area is 137 Å². The fourth-order valence-electron chi connectivity index (χ4n) is 2.70. The van der Waals surface area contributed by atoms with Gasteiger partial charge in [0, 0.05) is 13.2 Å². The van der Waals surface area contributed by atoms with Crippen molar-refractivity contribution in [2.45, 2.75) is 77.7 Å². The van der Waals surface area contributed by atoms with Gasteiger partial charge in [0.2, 0.25) is 0 Å². The molecule has 126 valence electrons. The molecule has 0 spiro atoms. The average molecular weight is 306 g/mol. The van der Waals surface area contributed by atoms with Gasteiger partial charge in [0.05, 0.1) is 0 Å². The van der Waals surface area contributed by atoms with Gasteiger partial charge >= 0.3 is 0 Å². The summed E-state index contributed by atoms with van der Waals surface area (Å²) in [6.07, 6.45) is 12.8. The number of benzene rings is 1. The second kappa shape index (κ2) is 13.8. The monoisotopic (exact) mass is 305 g/mol. The highest BCUT2D eigenvalue weighted by atomic mass is 16.2. The van der Waals surface area contributed by atoms with Crippen molar-refractivity contribution in [2.75, 3.05) is 13.2 Å². The number of hydrogen-bond acceptors (Lipinski definition) is 2. The van der Waals surface area contributed by atoms with E-state index in [1.807, 2.05) is 0 Å². The molecule has 1 rings (SSSR count). The average Bonchev–Trinajstić information content (AvgIpc) is 2.55. The predicted octanol–water partition coefficient (Wildman–Crippen LogP) is 4.84. The van der Waals surface area contributed by atoms with E-state index in [1.54, 1.807) is 0 Å². The Hall–Kier alpha value is -0.860. The second-order valence-electron chi connectivity index (χ2n) is 6.30. The van der Waals surface area contributed by atoms with E-state index in [2.05, 4.69) is 36.5 Å². The lowest BCUT2D eigenvalue weighted by atomic mass is 10.0. The number of unbranched alkanes of at least 4 members (excludes halogenated alkanes) is 7. The summed E-state index contributed by atoms with van der Waals surface area (Å²) in [6.45, 7) is 4.49. The molecule has 0 unspecified atom stereocenters. The number of aliphatic hydroxyl groups excluding tert-OH is 1. The summed E-state index contributed by atoms with van der Waals surface area (Å²) in [5.41, 5.74) is 2.82. The second-order valence-corrected chi connectivity index (χ2v) is 6.30. The normalized spacial score (nSPS) is 11.0. The zero-order chi connectivity index (χ0) is 15.9. The van der Waals surface area contributed by atoms with Gasteiger partial charge < -0.3 is 10.4 Å². The highest BCUT2D eigenvalue weighted by molar-refractivity contribution is 5.22. The summed E-state index contributed by atoms with van der Waals surface area (Å²) in [6, 6.07) is 9.05. The zero-order valence-electron chi connectivity index (χ0n) is 14.4. The van der Waals surface area contributed by atoms with Crippen LogP contribution in [0, 0.1) is 0 Å². The van der Waals surface area contributed by atoms with Gasteiger partial charge in [0.15, 0.2) is 0 Å². The lowest BCUT2D eigenvalue weighted by Crippen LogP contribution is -2.14. The van der Waals surface area contributed by atoms with Gasteiger partial charge in [0.1, 0.15) is 0 Å². The van der Waals surface area contributed by atoms with Crippen LogP contribution >= 0.6 is 0 Å². The Balaban J connectivity index is 2.06. The van der Waals surface area contributed by atoms with Crippen LogP contribution in [0.25, 0.3) is 0 Å². The lowest BCUT2D eigenvalue weighted by molar-refractivity contribution is 0.283. The maximum atomic E-state index is 8.73. The highest BCUT2D eigenvalue weighted by Crippen LogP contribution is 2.11. The minimum absolute atomic E-state index is 0.301. The van der Waals surface area contributed by atoms with Crippen molar-refractivity contribution < 1.29 is 5.11 Å². The van der Waals surface area contributed by atoms with Gasteiger partial charge in [-0.25, -0.2) is 0 Å². The maximum absolute atomic E-state index is 8.73. The Bertz CT molecular complexity index is 347.